The highest BCUT2D eigenvalue weighted by molar-refractivity contribution is 5.23. The van der Waals surface area contributed by atoms with Crippen LogP contribution in [0.15, 0.2) is 12.3 Å². The Bertz CT molecular complexity index is 353. The summed E-state index contributed by atoms with van der Waals surface area (Å²) in [5.41, 5.74) is 0.594. The van der Waals surface area contributed by atoms with Gasteiger partial charge in [-0.2, -0.15) is 0 Å². The zero-order valence-electron chi connectivity index (χ0n) is 11.0. The Hall–Kier alpha value is -1.16. The van der Waals surface area contributed by atoms with Gasteiger partial charge < -0.3 is 10.1 Å². The first-order valence-electron chi connectivity index (χ1n) is 6.01. The summed E-state index contributed by atoms with van der Waals surface area (Å²) in [6, 6.07) is 1.68. The standard InChI is InChI=1S/C13H21FN2O/c1-9(2)7-15-8-11-5-6-16-13(12(11)14)17-10(3)4/h5-6,9-10,15H,7-8H2,1-4H3. The van der Waals surface area contributed by atoms with Crippen molar-refractivity contribution in [3.63, 3.8) is 0 Å². The summed E-state index contributed by atoms with van der Waals surface area (Å²) in [6.07, 6.45) is 1.50. The van der Waals surface area contributed by atoms with E-state index in [1.54, 1.807) is 12.3 Å². The molecular formula is C13H21FN2O. The molecule has 0 aromatic carbocycles. The predicted octanol–water partition coefficient (Wildman–Crippen LogP) is 2.75. The fraction of sp³-hybridized carbons (Fsp3) is 0.615. The molecule has 0 saturated carbocycles. The molecule has 1 aromatic rings. The van der Waals surface area contributed by atoms with Crippen molar-refractivity contribution in [3.05, 3.63) is 23.6 Å². The van der Waals surface area contributed by atoms with E-state index in [4.69, 9.17) is 4.74 Å². The highest BCUT2D eigenvalue weighted by Crippen LogP contribution is 2.18. The van der Waals surface area contributed by atoms with E-state index in [2.05, 4.69) is 24.1 Å². The smallest absolute Gasteiger partial charge is 0.250 e. The second-order valence-corrected chi connectivity index (χ2v) is 4.78. The molecule has 0 unspecified atom stereocenters. The Morgan fingerprint density at radius 3 is 2.65 bits per heavy atom. The number of hydrogen-bond donors (Lipinski definition) is 1. The molecule has 3 nitrogen and oxygen atoms in total. The zero-order chi connectivity index (χ0) is 12.8. The molecule has 96 valence electrons. The molecule has 1 heterocycles. The van der Waals surface area contributed by atoms with Gasteiger partial charge in [0.2, 0.25) is 0 Å². The van der Waals surface area contributed by atoms with Gasteiger partial charge in [-0.25, -0.2) is 9.37 Å². The monoisotopic (exact) mass is 240 g/mol. The Labute approximate surface area is 102 Å². The lowest BCUT2D eigenvalue weighted by Gasteiger charge is -2.12. The maximum atomic E-state index is 13.9. The van der Waals surface area contributed by atoms with Crippen LogP contribution in [-0.2, 0) is 6.54 Å². The van der Waals surface area contributed by atoms with E-state index in [-0.39, 0.29) is 17.8 Å². The quantitative estimate of drug-likeness (QED) is 0.830. The summed E-state index contributed by atoms with van der Waals surface area (Å²) in [5.74, 6) is 0.271. The van der Waals surface area contributed by atoms with E-state index < -0.39 is 0 Å². The Morgan fingerprint density at radius 2 is 2.06 bits per heavy atom. The maximum absolute atomic E-state index is 13.9. The molecule has 0 aliphatic heterocycles. The van der Waals surface area contributed by atoms with Crippen LogP contribution in [0.25, 0.3) is 0 Å². The van der Waals surface area contributed by atoms with E-state index in [0.717, 1.165) is 6.54 Å². The minimum absolute atomic E-state index is 0.0733. The lowest BCUT2D eigenvalue weighted by atomic mass is 10.2. The van der Waals surface area contributed by atoms with Crippen molar-refractivity contribution in [1.29, 1.82) is 0 Å². The molecule has 17 heavy (non-hydrogen) atoms. The van der Waals surface area contributed by atoms with Crippen LogP contribution in [0.5, 0.6) is 5.88 Å². The first-order valence-corrected chi connectivity index (χ1v) is 6.01. The van der Waals surface area contributed by atoms with Crippen LogP contribution in [0.4, 0.5) is 4.39 Å². The van der Waals surface area contributed by atoms with Crippen molar-refractivity contribution < 1.29 is 9.13 Å². The Kier molecular flexibility index (Phi) is 5.35. The zero-order valence-corrected chi connectivity index (χ0v) is 11.0. The van der Waals surface area contributed by atoms with Crippen LogP contribution in [0.3, 0.4) is 0 Å². The normalized spacial score (nSPS) is 11.2. The number of halogens is 1. The molecule has 1 rings (SSSR count). The van der Waals surface area contributed by atoms with Gasteiger partial charge >= 0.3 is 0 Å². The van der Waals surface area contributed by atoms with Gasteiger partial charge in [0.15, 0.2) is 5.82 Å². The molecule has 0 amide bonds. The number of nitrogens with zero attached hydrogens (tertiary/aromatic N) is 1. The minimum Gasteiger partial charge on any atom is -0.473 e. The predicted molar refractivity (Wildman–Crippen MR) is 66.5 cm³/mol. The van der Waals surface area contributed by atoms with Crippen molar-refractivity contribution in [2.24, 2.45) is 5.92 Å². The van der Waals surface area contributed by atoms with Crippen LogP contribution >= 0.6 is 0 Å². The largest absolute Gasteiger partial charge is 0.473 e. The average Bonchev–Trinajstić information content (AvgIpc) is 2.22. The highest BCUT2D eigenvalue weighted by Gasteiger charge is 2.11. The molecule has 1 aromatic heterocycles. The number of rotatable bonds is 6. The molecule has 0 saturated heterocycles. The van der Waals surface area contributed by atoms with E-state index in [0.29, 0.717) is 18.0 Å². The third kappa shape index (κ3) is 4.69. The van der Waals surface area contributed by atoms with E-state index in [1.807, 2.05) is 13.8 Å². The minimum atomic E-state index is -0.363. The summed E-state index contributed by atoms with van der Waals surface area (Å²) in [7, 11) is 0. The van der Waals surface area contributed by atoms with Crippen molar-refractivity contribution in [3.8, 4) is 5.88 Å². The first-order chi connectivity index (χ1) is 8.00. The molecule has 0 atom stereocenters. The third-order valence-electron chi connectivity index (χ3n) is 2.15. The Morgan fingerprint density at radius 1 is 1.35 bits per heavy atom. The van der Waals surface area contributed by atoms with Crippen LogP contribution in [0.2, 0.25) is 0 Å². The second kappa shape index (κ2) is 6.55. The van der Waals surface area contributed by atoms with E-state index >= 15 is 0 Å². The Balaban J connectivity index is 2.66. The highest BCUT2D eigenvalue weighted by atomic mass is 19.1. The van der Waals surface area contributed by atoms with Gasteiger partial charge in [0.05, 0.1) is 6.10 Å². The summed E-state index contributed by atoms with van der Waals surface area (Å²) < 4.78 is 19.2. The fourth-order valence-corrected chi connectivity index (χ4v) is 1.40. The molecule has 0 bridgehead atoms. The van der Waals surface area contributed by atoms with Gasteiger partial charge in [0.1, 0.15) is 0 Å². The van der Waals surface area contributed by atoms with Gasteiger partial charge in [-0.3, -0.25) is 0 Å². The third-order valence-corrected chi connectivity index (χ3v) is 2.15. The summed E-state index contributed by atoms with van der Waals surface area (Å²) >= 11 is 0. The topological polar surface area (TPSA) is 34.2 Å². The lowest BCUT2D eigenvalue weighted by Crippen LogP contribution is -2.20. The molecule has 1 N–H and O–H groups in total. The molecule has 0 radical (unpaired) electrons. The summed E-state index contributed by atoms with van der Waals surface area (Å²) in [5, 5.41) is 3.20. The van der Waals surface area contributed by atoms with Gasteiger partial charge in [-0.05, 0) is 32.4 Å². The van der Waals surface area contributed by atoms with Gasteiger partial charge in [-0.1, -0.05) is 13.8 Å². The van der Waals surface area contributed by atoms with Crippen molar-refractivity contribution in [2.45, 2.75) is 40.3 Å². The van der Waals surface area contributed by atoms with Gasteiger partial charge in [0.25, 0.3) is 5.88 Å². The number of nitrogens with one attached hydrogen (secondary N) is 1. The molecular weight excluding hydrogens is 219 g/mol. The van der Waals surface area contributed by atoms with Crippen molar-refractivity contribution >= 4 is 0 Å². The lowest BCUT2D eigenvalue weighted by molar-refractivity contribution is 0.220. The van der Waals surface area contributed by atoms with Crippen LogP contribution in [0.1, 0.15) is 33.3 Å². The molecule has 0 spiro atoms. The molecule has 0 aliphatic carbocycles. The van der Waals surface area contributed by atoms with Gasteiger partial charge in [-0.15, -0.1) is 0 Å². The van der Waals surface area contributed by atoms with Crippen molar-refractivity contribution in [1.82, 2.24) is 10.3 Å². The van der Waals surface area contributed by atoms with Gasteiger partial charge in [0, 0.05) is 18.3 Å². The van der Waals surface area contributed by atoms with E-state index in [9.17, 15) is 4.39 Å². The van der Waals surface area contributed by atoms with Crippen LogP contribution in [0, 0.1) is 11.7 Å². The van der Waals surface area contributed by atoms with E-state index in [1.165, 1.54) is 0 Å². The molecule has 0 fully saturated rings. The number of pyridine rings is 1. The SMILES string of the molecule is CC(C)CNCc1ccnc(OC(C)C)c1F. The second-order valence-electron chi connectivity index (χ2n) is 4.78. The van der Waals surface area contributed by atoms with Crippen LogP contribution in [-0.4, -0.2) is 17.6 Å². The maximum Gasteiger partial charge on any atom is 0.250 e. The van der Waals surface area contributed by atoms with Crippen LogP contribution < -0.4 is 10.1 Å². The fourth-order valence-electron chi connectivity index (χ4n) is 1.40. The first kappa shape index (κ1) is 13.9. The molecule has 0 aliphatic rings. The van der Waals surface area contributed by atoms with Crippen molar-refractivity contribution in [2.75, 3.05) is 6.54 Å². The average molecular weight is 240 g/mol. The number of hydrogen-bond acceptors (Lipinski definition) is 3. The number of ether oxygens (including phenoxy) is 1. The summed E-state index contributed by atoms with van der Waals surface area (Å²) in [4.78, 5) is 3.90. The number of aromatic nitrogens is 1. The summed E-state index contributed by atoms with van der Waals surface area (Å²) in [6.45, 7) is 9.30. The molecule has 4 heteroatoms.